The van der Waals surface area contributed by atoms with E-state index in [1.807, 2.05) is 0 Å². The lowest BCUT2D eigenvalue weighted by Crippen LogP contribution is -2.54. The van der Waals surface area contributed by atoms with E-state index >= 15 is 0 Å². The number of benzene rings is 1. The van der Waals surface area contributed by atoms with Crippen LogP contribution in [0.25, 0.3) is 17.2 Å². The van der Waals surface area contributed by atoms with Gasteiger partial charge in [0.2, 0.25) is 11.8 Å². The Balaban J connectivity index is 1.47. The molecule has 216 valence electrons. The van der Waals surface area contributed by atoms with Gasteiger partial charge >= 0.3 is 11.9 Å². The van der Waals surface area contributed by atoms with E-state index in [0.29, 0.717) is 5.02 Å². The molecule has 1 aliphatic rings. The van der Waals surface area contributed by atoms with Crippen LogP contribution in [0.2, 0.25) is 10.0 Å². The number of pyridine rings is 1. The van der Waals surface area contributed by atoms with Gasteiger partial charge in [-0.1, -0.05) is 23.2 Å². The van der Waals surface area contributed by atoms with Crippen LogP contribution in [0.15, 0.2) is 53.7 Å². The summed E-state index contributed by atoms with van der Waals surface area (Å²) in [5, 5.41) is 10.8. The zero-order valence-electron chi connectivity index (χ0n) is 20.7. The fraction of sp³-hybridized carbons (Fsp3) is 0.333. The molecule has 1 amide bonds. The highest BCUT2D eigenvalue weighted by molar-refractivity contribution is 6.32. The molecule has 0 saturated heterocycles. The Morgan fingerprint density at radius 2 is 1.80 bits per heavy atom. The number of nitrogens with zero attached hydrogens (tertiary/aromatic N) is 7. The Kier molecular flexibility index (Phi) is 7.59. The SMILES string of the molecule is O=C(NC(Cn1c(-c2ccc(Cl)cc2)nn(Cc2ncn(-c3ncccc3Cl)n2)c1=O)C(F)(F)F)C1CC(F)(F)C1. The van der Waals surface area contributed by atoms with Gasteiger partial charge in [0.05, 0.1) is 11.6 Å². The zero-order chi connectivity index (χ0) is 29.5. The van der Waals surface area contributed by atoms with Gasteiger partial charge in [-0.05, 0) is 36.4 Å². The van der Waals surface area contributed by atoms with E-state index in [4.69, 9.17) is 23.2 Å². The van der Waals surface area contributed by atoms with Crippen molar-refractivity contribution in [3.05, 3.63) is 75.3 Å². The average Bonchev–Trinajstić information content (AvgIpc) is 3.47. The predicted molar refractivity (Wildman–Crippen MR) is 136 cm³/mol. The van der Waals surface area contributed by atoms with E-state index in [-0.39, 0.29) is 34.6 Å². The lowest BCUT2D eigenvalue weighted by atomic mass is 9.80. The highest BCUT2D eigenvalue weighted by atomic mass is 35.5. The van der Waals surface area contributed by atoms with Gasteiger partial charge in [-0.15, -0.1) is 10.2 Å². The first-order chi connectivity index (χ1) is 19.3. The highest BCUT2D eigenvalue weighted by Gasteiger charge is 2.50. The minimum absolute atomic E-state index is 0.0766. The number of halogens is 7. The molecule has 10 nitrogen and oxygen atoms in total. The molecule has 41 heavy (non-hydrogen) atoms. The normalized spacial score (nSPS) is 15.9. The lowest BCUT2D eigenvalue weighted by molar-refractivity contribution is -0.172. The van der Waals surface area contributed by atoms with Crippen molar-refractivity contribution >= 4 is 29.1 Å². The van der Waals surface area contributed by atoms with Crippen LogP contribution >= 0.6 is 23.2 Å². The largest absolute Gasteiger partial charge is 0.410 e. The van der Waals surface area contributed by atoms with Gasteiger partial charge < -0.3 is 5.32 Å². The summed E-state index contributed by atoms with van der Waals surface area (Å²) in [5.41, 5.74) is -0.698. The van der Waals surface area contributed by atoms with E-state index in [1.165, 1.54) is 41.5 Å². The van der Waals surface area contributed by atoms with Crippen molar-refractivity contribution in [2.24, 2.45) is 5.92 Å². The van der Waals surface area contributed by atoms with Gasteiger partial charge in [0, 0.05) is 35.5 Å². The summed E-state index contributed by atoms with van der Waals surface area (Å²) >= 11 is 12.1. The number of carbonyl (C=O) groups excluding carboxylic acids is 1. The fourth-order valence-corrected chi connectivity index (χ4v) is 4.56. The maximum Gasteiger partial charge on any atom is 0.410 e. The summed E-state index contributed by atoms with van der Waals surface area (Å²) in [6.45, 7) is -1.40. The quantitative estimate of drug-likeness (QED) is 0.298. The molecule has 1 unspecified atom stereocenters. The van der Waals surface area contributed by atoms with E-state index in [0.717, 1.165) is 9.25 Å². The molecule has 1 atom stereocenters. The maximum absolute atomic E-state index is 14.0. The second kappa shape index (κ2) is 10.9. The third-order valence-electron chi connectivity index (χ3n) is 6.35. The van der Waals surface area contributed by atoms with Crippen LogP contribution < -0.4 is 11.0 Å². The van der Waals surface area contributed by atoms with Crippen LogP contribution in [0, 0.1) is 5.92 Å². The Morgan fingerprint density at radius 1 is 1.10 bits per heavy atom. The molecule has 0 bridgehead atoms. The zero-order valence-corrected chi connectivity index (χ0v) is 22.2. The van der Waals surface area contributed by atoms with Gasteiger partial charge in [-0.25, -0.2) is 32.9 Å². The molecule has 17 heteroatoms. The summed E-state index contributed by atoms with van der Waals surface area (Å²) in [6.07, 6.45) is -3.92. The number of hydrogen-bond donors (Lipinski definition) is 1. The summed E-state index contributed by atoms with van der Waals surface area (Å²) < 4.78 is 71.3. The average molecular weight is 617 g/mol. The highest BCUT2D eigenvalue weighted by Crippen LogP contribution is 2.42. The Hall–Kier alpha value is -3.85. The first kappa shape index (κ1) is 28.7. The number of hydrogen-bond acceptors (Lipinski definition) is 6. The van der Waals surface area contributed by atoms with Crippen molar-refractivity contribution in [2.75, 3.05) is 0 Å². The maximum atomic E-state index is 14.0. The second-order valence-electron chi connectivity index (χ2n) is 9.36. The monoisotopic (exact) mass is 616 g/mol. The van der Waals surface area contributed by atoms with Crippen molar-refractivity contribution in [2.45, 2.75) is 44.1 Å². The first-order valence-electron chi connectivity index (χ1n) is 12.0. The molecule has 1 N–H and O–H groups in total. The van der Waals surface area contributed by atoms with E-state index in [1.54, 1.807) is 17.4 Å². The third kappa shape index (κ3) is 6.25. The predicted octanol–water partition coefficient (Wildman–Crippen LogP) is 4.14. The molecule has 1 aromatic carbocycles. The number of carbonyl (C=O) groups is 1. The topological polar surface area (TPSA) is 113 Å². The molecule has 1 fully saturated rings. The third-order valence-corrected chi connectivity index (χ3v) is 6.90. The molecule has 1 aliphatic carbocycles. The minimum Gasteiger partial charge on any atom is -0.343 e. The van der Waals surface area contributed by atoms with Crippen LogP contribution in [0.3, 0.4) is 0 Å². The second-order valence-corrected chi connectivity index (χ2v) is 10.2. The molecule has 3 aromatic heterocycles. The Bertz CT molecular complexity index is 1630. The van der Waals surface area contributed by atoms with Crippen molar-refractivity contribution in [1.29, 1.82) is 0 Å². The van der Waals surface area contributed by atoms with Crippen LogP contribution in [0.4, 0.5) is 22.0 Å². The van der Waals surface area contributed by atoms with Crippen molar-refractivity contribution in [3.8, 4) is 17.2 Å². The van der Waals surface area contributed by atoms with Gasteiger partial charge in [0.1, 0.15) is 18.9 Å². The van der Waals surface area contributed by atoms with E-state index in [2.05, 4.69) is 20.2 Å². The molecule has 3 heterocycles. The number of aromatic nitrogens is 7. The van der Waals surface area contributed by atoms with Crippen molar-refractivity contribution in [3.63, 3.8) is 0 Å². The number of amides is 1. The molecular formula is C24H19Cl2F5N8O2. The van der Waals surface area contributed by atoms with Crippen molar-refractivity contribution < 1.29 is 26.7 Å². The molecular weight excluding hydrogens is 598 g/mol. The smallest absolute Gasteiger partial charge is 0.343 e. The molecule has 0 aliphatic heterocycles. The molecule has 5 rings (SSSR count). The van der Waals surface area contributed by atoms with Crippen LogP contribution in [-0.4, -0.2) is 58.1 Å². The standard InChI is InChI=1S/C24H19Cl2F5N8O2/c25-15-5-3-13(4-6-15)19-36-38(11-18-33-12-39(35-18)20-16(26)2-1-7-32-20)22(41)37(19)10-17(24(29,30)31)34-21(40)14-8-23(27,28)9-14/h1-7,12,14,17H,8-11H2,(H,34,40). The summed E-state index contributed by atoms with van der Waals surface area (Å²) in [6, 6.07) is 6.48. The fourth-order valence-electron chi connectivity index (χ4n) is 4.22. The molecule has 1 saturated carbocycles. The molecule has 4 aromatic rings. The summed E-state index contributed by atoms with van der Waals surface area (Å²) in [5.74, 6) is -5.35. The van der Waals surface area contributed by atoms with Gasteiger partial charge in [0.15, 0.2) is 17.5 Å². The molecule has 0 spiro atoms. The molecule has 0 radical (unpaired) electrons. The van der Waals surface area contributed by atoms with Crippen LogP contribution in [0.5, 0.6) is 0 Å². The Morgan fingerprint density at radius 3 is 2.44 bits per heavy atom. The summed E-state index contributed by atoms with van der Waals surface area (Å²) in [7, 11) is 0. The van der Waals surface area contributed by atoms with Gasteiger partial charge in [0.25, 0.3) is 0 Å². The lowest BCUT2D eigenvalue weighted by Gasteiger charge is -2.35. The first-order valence-corrected chi connectivity index (χ1v) is 12.8. The van der Waals surface area contributed by atoms with Crippen LogP contribution in [-0.2, 0) is 17.9 Å². The van der Waals surface area contributed by atoms with E-state index in [9.17, 15) is 31.5 Å². The number of rotatable bonds is 8. The summed E-state index contributed by atoms with van der Waals surface area (Å²) in [4.78, 5) is 33.9. The number of alkyl halides is 5. The van der Waals surface area contributed by atoms with Crippen LogP contribution in [0.1, 0.15) is 18.7 Å². The Labute approximate surface area is 237 Å². The minimum atomic E-state index is -5.01. The van der Waals surface area contributed by atoms with Gasteiger partial charge in [-0.3, -0.25) is 9.36 Å². The van der Waals surface area contributed by atoms with E-state index < -0.39 is 55.0 Å². The van der Waals surface area contributed by atoms with Crippen molar-refractivity contribution in [1.82, 2.24) is 39.4 Å². The van der Waals surface area contributed by atoms with Gasteiger partial charge in [-0.2, -0.15) is 13.2 Å². The number of nitrogens with one attached hydrogen (secondary N) is 1.